The number of benzene rings is 3. The van der Waals surface area contributed by atoms with Crippen molar-refractivity contribution in [3.63, 3.8) is 0 Å². The summed E-state index contributed by atoms with van der Waals surface area (Å²) < 4.78 is 13.2. The molecule has 0 atom stereocenters. The van der Waals surface area contributed by atoms with E-state index < -0.39 is 0 Å². The van der Waals surface area contributed by atoms with Crippen molar-refractivity contribution >= 4 is 23.2 Å². The minimum Gasteiger partial charge on any atom is -0.494 e. The second-order valence-corrected chi connectivity index (χ2v) is 8.55. The molecule has 1 heterocycles. The topological polar surface area (TPSA) is 65.4 Å². The lowest BCUT2D eigenvalue weighted by molar-refractivity contribution is 0.102. The molecule has 0 aliphatic carbocycles. The van der Waals surface area contributed by atoms with Crippen molar-refractivity contribution in [1.82, 2.24) is 9.78 Å². The van der Waals surface area contributed by atoms with Crippen LogP contribution in [-0.2, 0) is 13.2 Å². The third-order valence-corrected chi connectivity index (χ3v) is 6.00. The van der Waals surface area contributed by atoms with Crippen LogP contribution in [-0.4, -0.2) is 22.3 Å². The van der Waals surface area contributed by atoms with E-state index in [1.807, 2.05) is 92.2 Å². The molecule has 7 heteroatoms. The van der Waals surface area contributed by atoms with E-state index in [1.165, 1.54) is 0 Å². The van der Waals surface area contributed by atoms with Crippen molar-refractivity contribution in [2.24, 2.45) is 0 Å². The molecule has 4 rings (SSSR count). The summed E-state index contributed by atoms with van der Waals surface area (Å²) in [7, 11) is 0. The summed E-state index contributed by atoms with van der Waals surface area (Å²) in [6.45, 7) is 7.27. The van der Waals surface area contributed by atoms with Crippen LogP contribution in [0, 0.1) is 13.8 Å². The Labute approximate surface area is 210 Å². The van der Waals surface area contributed by atoms with Gasteiger partial charge in [-0.05, 0) is 74.4 Å². The number of halogens is 1. The highest BCUT2D eigenvalue weighted by atomic mass is 35.5. The molecule has 0 saturated heterocycles. The van der Waals surface area contributed by atoms with Crippen LogP contribution in [0.3, 0.4) is 0 Å². The maximum Gasteiger partial charge on any atom is 0.255 e. The van der Waals surface area contributed by atoms with Crippen LogP contribution < -0.4 is 14.8 Å². The number of aryl methyl sites for hydroxylation is 1. The molecule has 0 bridgehead atoms. The highest BCUT2D eigenvalue weighted by Crippen LogP contribution is 2.24. The van der Waals surface area contributed by atoms with Gasteiger partial charge in [0.05, 0.1) is 30.2 Å². The van der Waals surface area contributed by atoms with E-state index in [0.29, 0.717) is 36.0 Å². The quantitative estimate of drug-likeness (QED) is 0.294. The zero-order valence-electron chi connectivity index (χ0n) is 20.0. The minimum atomic E-state index is -0.198. The molecule has 0 aliphatic heterocycles. The molecule has 4 aromatic rings. The number of carbonyl (C=O) groups is 1. The molecular formula is C28H28ClN3O3. The molecular weight excluding hydrogens is 462 g/mol. The van der Waals surface area contributed by atoms with Gasteiger partial charge in [0.15, 0.2) is 0 Å². The van der Waals surface area contributed by atoms with Gasteiger partial charge in [0.1, 0.15) is 18.1 Å². The average Bonchev–Trinajstić information content (AvgIpc) is 3.12. The van der Waals surface area contributed by atoms with Crippen molar-refractivity contribution in [2.45, 2.75) is 33.9 Å². The molecule has 35 heavy (non-hydrogen) atoms. The largest absolute Gasteiger partial charge is 0.494 e. The first kappa shape index (κ1) is 24.4. The number of nitrogens with one attached hydrogen (secondary N) is 1. The third-order valence-electron chi connectivity index (χ3n) is 5.63. The molecule has 180 valence electrons. The summed E-state index contributed by atoms with van der Waals surface area (Å²) in [5.74, 6) is 1.34. The number of amides is 1. The molecule has 0 spiro atoms. The Morgan fingerprint density at radius 2 is 1.69 bits per heavy atom. The number of carbonyl (C=O) groups excluding carboxylic acids is 1. The smallest absolute Gasteiger partial charge is 0.255 e. The van der Waals surface area contributed by atoms with Crippen molar-refractivity contribution in [2.75, 3.05) is 11.9 Å². The summed E-state index contributed by atoms with van der Waals surface area (Å²) in [6.07, 6.45) is 0. The SMILES string of the molecule is CCOc1ccc(OCc2cccc(C(=O)Nc3c(C)nn(Cc4ccccc4Cl)c3C)c2)cc1. The molecule has 6 nitrogen and oxygen atoms in total. The molecule has 0 radical (unpaired) electrons. The van der Waals surface area contributed by atoms with E-state index in [0.717, 1.165) is 34.0 Å². The molecule has 0 unspecified atom stereocenters. The van der Waals surface area contributed by atoms with E-state index in [9.17, 15) is 4.79 Å². The molecule has 0 aliphatic rings. The number of nitrogens with zero attached hydrogens (tertiary/aromatic N) is 2. The maximum atomic E-state index is 13.0. The van der Waals surface area contributed by atoms with E-state index in [2.05, 4.69) is 10.4 Å². The average molecular weight is 490 g/mol. The molecule has 1 aromatic heterocycles. The fourth-order valence-corrected chi connectivity index (χ4v) is 3.97. The Balaban J connectivity index is 1.42. The monoisotopic (exact) mass is 489 g/mol. The van der Waals surface area contributed by atoms with Crippen molar-refractivity contribution in [1.29, 1.82) is 0 Å². The maximum absolute atomic E-state index is 13.0. The van der Waals surface area contributed by atoms with Crippen molar-refractivity contribution in [3.05, 3.63) is 106 Å². The first-order valence-corrected chi connectivity index (χ1v) is 11.9. The predicted octanol–water partition coefficient (Wildman–Crippen LogP) is 6.43. The van der Waals surface area contributed by atoms with Crippen LogP contribution in [0.25, 0.3) is 0 Å². The van der Waals surface area contributed by atoms with Gasteiger partial charge < -0.3 is 14.8 Å². The predicted molar refractivity (Wildman–Crippen MR) is 139 cm³/mol. The van der Waals surface area contributed by atoms with Crippen LogP contribution in [0.15, 0.2) is 72.8 Å². The van der Waals surface area contributed by atoms with Gasteiger partial charge in [-0.25, -0.2) is 0 Å². The summed E-state index contributed by atoms with van der Waals surface area (Å²) in [6, 6.07) is 22.6. The van der Waals surface area contributed by atoms with Gasteiger partial charge in [-0.15, -0.1) is 0 Å². The lowest BCUT2D eigenvalue weighted by Crippen LogP contribution is -2.14. The Bertz CT molecular complexity index is 1320. The van der Waals surface area contributed by atoms with Crippen molar-refractivity contribution < 1.29 is 14.3 Å². The van der Waals surface area contributed by atoms with Gasteiger partial charge >= 0.3 is 0 Å². The fraction of sp³-hybridized carbons (Fsp3) is 0.214. The van der Waals surface area contributed by atoms with Crippen molar-refractivity contribution in [3.8, 4) is 11.5 Å². The van der Waals surface area contributed by atoms with Crippen LogP contribution in [0.5, 0.6) is 11.5 Å². The number of ether oxygens (including phenoxy) is 2. The third kappa shape index (κ3) is 6.03. The van der Waals surface area contributed by atoms with Gasteiger partial charge in [-0.3, -0.25) is 9.48 Å². The normalized spacial score (nSPS) is 10.7. The van der Waals surface area contributed by atoms with E-state index in [1.54, 1.807) is 6.07 Å². The van der Waals surface area contributed by atoms with Gasteiger partial charge in [0, 0.05) is 10.6 Å². The van der Waals surface area contributed by atoms with Crippen LogP contribution in [0.4, 0.5) is 5.69 Å². The number of rotatable bonds is 9. The first-order chi connectivity index (χ1) is 16.9. The summed E-state index contributed by atoms with van der Waals surface area (Å²) in [5.41, 5.74) is 4.74. The Morgan fingerprint density at radius 1 is 0.971 bits per heavy atom. The fourth-order valence-electron chi connectivity index (χ4n) is 3.77. The Kier molecular flexibility index (Phi) is 7.73. The summed E-state index contributed by atoms with van der Waals surface area (Å²) >= 11 is 6.31. The van der Waals surface area contributed by atoms with E-state index in [-0.39, 0.29) is 5.91 Å². The second-order valence-electron chi connectivity index (χ2n) is 8.14. The molecule has 1 amide bonds. The molecule has 1 N–H and O–H groups in total. The highest BCUT2D eigenvalue weighted by molar-refractivity contribution is 6.31. The zero-order chi connectivity index (χ0) is 24.8. The molecule has 0 saturated carbocycles. The molecule has 3 aromatic carbocycles. The van der Waals surface area contributed by atoms with Gasteiger partial charge in [0.25, 0.3) is 5.91 Å². The minimum absolute atomic E-state index is 0.198. The van der Waals surface area contributed by atoms with Crippen LogP contribution in [0.1, 0.15) is 39.8 Å². The van der Waals surface area contributed by atoms with Crippen LogP contribution >= 0.6 is 11.6 Å². The highest BCUT2D eigenvalue weighted by Gasteiger charge is 2.16. The lowest BCUT2D eigenvalue weighted by Gasteiger charge is -2.10. The molecule has 0 fully saturated rings. The summed E-state index contributed by atoms with van der Waals surface area (Å²) in [4.78, 5) is 13.0. The zero-order valence-corrected chi connectivity index (χ0v) is 20.8. The Morgan fingerprint density at radius 3 is 2.40 bits per heavy atom. The van der Waals surface area contributed by atoms with Crippen LogP contribution in [0.2, 0.25) is 5.02 Å². The lowest BCUT2D eigenvalue weighted by atomic mass is 10.1. The van der Waals surface area contributed by atoms with Gasteiger partial charge in [-0.2, -0.15) is 5.10 Å². The summed E-state index contributed by atoms with van der Waals surface area (Å²) in [5, 5.41) is 8.32. The van der Waals surface area contributed by atoms with Gasteiger partial charge in [0.2, 0.25) is 0 Å². The second kappa shape index (κ2) is 11.1. The Hall–Kier alpha value is -3.77. The van der Waals surface area contributed by atoms with E-state index in [4.69, 9.17) is 21.1 Å². The van der Waals surface area contributed by atoms with E-state index >= 15 is 0 Å². The number of hydrogen-bond donors (Lipinski definition) is 1. The number of hydrogen-bond acceptors (Lipinski definition) is 4. The number of anilines is 1. The first-order valence-electron chi connectivity index (χ1n) is 11.5. The standard InChI is InChI=1S/C28H28ClN3O3/c1-4-34-24-12-14-25(15-13-24)35-18-21-8-7-10-22(16-21)28(33)30-27-19(2)31-32(20(27)3)17-23-9-5-6-11-26(23)29/h5-16H,4,17-18H2,1-3H3,(H,30,33). The number of aromatic nitrogens is 2. The van der Waals surface area contributed by atoms with Gasteiger partial charge in [-0.1, -0.05) is 41.9 Å².